The molecule has 0 atom stereocenters. The summed E-state index contributed by atoms with van der Waals surface area (Å²) in [6, 6.07) is 0. The Bertz CT molecular complexity index is 123. The lowest BCUT2D eigenvalue weighted by molar-refractivity contribution is 0.363. The van der Waals surface area contributed by atoms with Crippen molar-refractivity contribution in [3.05, 3.63) is 0 Å². The molecule has 1 aliphatic carbocycles. The minimum atomic E-state index is 0.552. The average molecular weight is 212 g/mol. The van der Waals surface area contributed by atoms with Gasteiger partial charge in [-0.3, -0.25) is 0 Å². The molecule has 0 radical (unpaired) electrons. The standard InChI is InChI=1S/C8H18.C7H14/c1-5-6-7-8(2,3)4;1-7-5-3-2-4-6-7/h5-7H2,1-4H3;7H,2-6H2,1H3. The van der Waals surface area contributed by atoms with E-state index in [0.29, 0.717) is 5.41 Å². The molecule has 1 aliphatic rings. The summed E-state index contributed by atoms with van der Waals surface area (Å²) in [6.07, 6.45) is 11.5. The van der Waals surface area contributed by atoms with Crippen molar-refractivity contribution in [2.75, 3.05) is 0 Å². The first-order valence-electron chi connectivity index (χ1n) is 6.95. The second-order valence-electron chi connectivity index (χ2n) is 6.41. The molecule has 92 valence electrons. The molecule has 15 heavy (non-hydrogen) atoms. The van der Waals surface area contributed by atoms with Crippen molar-refractivity contribution in [1.82, 2.24) is 0 Å². The molecule has 1 saturated carbocycles. The Labute approximate surface area is 97.8 Å². The zero-order valence-corrected chi connectivity index (χ0v) is 11.7. The first-order valence-corrected chi connectivity index (χ1v) is 6.95. The molecule has 0 N–H and O–H groups in total. The summed E-state index contributed by atoms with van der Waals surface area (Å²) in [5, 5.41) is 0. The van der Waals surface area contributed by atoms with Crippen molar-refractivity contribution in [1.29, 1.82) is 0 Å². The SMILES string of the molecule is CC1CCCCC1.CCCCC(C)(C)C. The molecular formula is C15H32. The zero-order chi connectivity index (χ0) is 11.7. The zero-order valence-electron chi connectivity index (χ0n) is 11.7. The van der Waals surface area contributed by atoms with Gasteiger partial charge in [-0.15, -0.1) is 0 Å². The van der Waals surface area contributed by atoms with Crippen molar-refractivity contribution in [2.24, 2.45) is 11.3 Å². The molecule has 0 aromatic carbocycles. The Morgan fingerprint density at radius 2 is 1.53 bits per heavy atom. The van der Waals surface area contributed by atoms with Gasteiger partial charge in [-0.05, 0) is 17.8 Å². The Hall–Kier alpha value is 0. The highest BCUT2D eigenvalue weighted by Crippen LogP contribution is 2.22. The molecule has 1 fully saturated rings. The van der Waals surface area contributed by atoms with Gasteiger partial charge in [-0.1, -0.05) is 79.6 Å². The van der Waals surface area contributed by atoms with E-state index in [1.54, 1.807) is 0 Å². The Balaban J connectivity index is 0.000000262. The highest BCUT2D eigenvalue weighted by Gasteiger charge is 2.07. The average Bonchev–Trinajstić information content (AvgIpc) is 2.16. The van der Waals surface area contributed by atoms with E-state index in [1.807, 2.05) is 0 Å². The first-order chi connectivity index (χ1) is 6.95. The van der Waals surface area contributed by atoms with Gasteiger partial charge in [0.25, 0.3) is 0 Å². The van der Waals surface area contributed by atoms with Crippen molar-refractivity contribution in [2.45, 2.75) is 86.0 Å². The maximum absolute atomic E-state index is 2.36. The van der Waals surface area contributed by atoms with Crippen molar-refractivity contribution in [3.63, 3.8) is 0 Å². The second-order valence-corrected chi connectivity index (χ2v) is 6.41. The third-order valence-corrected chi connectivity index (χ3v) is 3.17. The van der Waals surface area contributed by atoms with E-state index < -0.39 is 0 Å². The quantitative estimate of drug-likeness (QED) is 0.542. The number of hydrogen-bond donors (Lipinski definition) is 0. The maximum Gasteiger partial charge on any atom is -0.0383 e. The van der Waals surface area contributed by atoms with E-state index in [0.717, 1.165) is 5.92 Å². The fraction of sp³-hybridized carbons (Fsp3) is 1.00. The smallest absolute Gasteiger partial charge is 0.0383 e. The summed E-state index contributed by atoms with van der Waals surface area (Å²) in [5.41, 5.74) is 0.552. The summed E-state index contributed by atoms with van der Waals surface area (Å²) < 4.78 is 0. The van der Waals surface area contributed by atoms with Crippen LogP contribution in [-0.2, 0) is 0 Å². The van der Waals surface area contributed by atoms with E-state index in [9.17, 15) is 0 Å². The first kappa shape index (κ1) is 15.0. The summed E-state index contributed by atoms with van der Waals surface area (Å²) in [5.74, 6) is 1.04. The van der Waals surface area contributed by atoms with Crippen LogP contribution in [-0.4, -0.2) is 0 Å². The largest absolute Gasteiger partial charge is 0.0654 e. The van der Waals surface area contributed by atoms with Gasteiger partial charge in [0.05, 0.1) is 0 Å². The van der Waals surface area contributed by atoms with E-state index in [4.69, 9.17) is 0 Å². The molecule has 0 aromatic rings. The van der Waals surface area contributed by atoms with Gasteiger partial charge < -0.3 is 0 Å². The molecule has 0 bridgehead atoms. The Morgan fingerprint density at radius 3 is 1.73 bits per heavy atom. The van der Waals surface area contributed by atoms with Crippen LogP contribution < -0.4 is 0 Å². The molecule has 0 heteroatoms. The fourth-order valence-electron chi connectivity index (χ4n) is 2.01. The van der Waals surface area contributed by atoms with Crippen LogP contribution in [0.3, 0.4) is 0 Å². The topological polar surface area (TPSA) is 0 Å². The maximum atomic E-state index is 2.36. The van der Waals surface area contributed by atoms with Crippen molar-refractivity contribution in [3.8, 4) is 0 Å². The lowest BCUT2D eigenvalue weighted by Crippen LogP contribution is -2.03. The lowest BCUT2D eigenvalue weighted by atomic mass is 9.90. The molecule has 0 unspecified atom stereocenters. The van der Waals surface area contributed by atoms with E-state index in [2.05, 4.69) is 34.6 Å². The van der Waals surface area contributed by atoms with Gasteiger partial charge in [-0.2, -0.15) is 0 Å². The van der Waals surface area contributed by atoms with Crippen molar-refractivity contribution >= 4 is 0 Å². The van der Waals surface area contributed by atoms with Crippen LogP contribution in [0.1, 0.15) is 86.0 Å². The van der Waals surface area contributed by atoms with Gasteiger partial charge in [-0.25, -0.2) is 0 Å². The minimum absolute atomic E-state index is 0.552. The van der Waals surface area contributed by atoms with E-state index in [-0.39, 0.29) is 0 Å². The summed E-state index contributed by atoms with van der Waals surface area (Å²) >= 11 is 0. The molecule has 1 rings (SSSR count). The number of rotatable bonds is 2. The third-order valence-electron chi connectivity index (χ3n) is 3.17. The second kappa shape index (κ2) is 8.19. The monoisotopic (exact) mass is 212 g/mol. The minimum Gasteiger partial charge on any atom is -0.0654 e. The van der Waals surface area contributed by atoms with Gasteiger partial charge in [0.1, 0.15) is 0 Å². The van der Waals surface area contributed by atoms with Gasteiger partial charge >= 0.3 is 0 Å². The highest BCUT2D eigenvalue weighted by atomic mass is 14.1. The third kappa shape index (κ3) is 11.9. The normalized spacial score (nSPS) is 18.2. The molecule has 0 spiro atoms. The molecular weight excluding hydrogens is 180 g/mol. The molecule has 0 nitrogen and oxygen atoms in total. The van der Waals surface area contributed by atoms with E-state index >= 15 is 0 Å². The van der Waals surface area contributed by atoms with Crippen LogP contribution in [0.15, 0.2) is 0 Å². The summed E-state index contributed by atoms with van der Waals surface area (Å²) in [6.45, 7) is 11.5. The number of unbranched alkanes of at least 4 members (excludes halogenated alkanes) is 1. The Morgan fingerprint density at radius 1 is 1.00 bits per heavy atom. The number of hydrogen-bond acceptors (Lipinski definition) is 0. The van der Waals surface area contributed by atoms with Crippen LogP contribution in [0.5, 0.6) is 0 Å². The molecule has 0 amide bonds. The van der Waals surface area contributed by atoms with Crippen LogP contribution in [0.25, 0.3) is 0 Å². The predicted molar refractivity (Wildman–Crippen MR) is 71.2 cm³/mol. The van der Waals surface area contributed by atoms with Crippen LogP contribution in [0.2, 0.25) is 0 Å². The van der Waals surface area contributed by atoms with Gasteiger partial charge in [0, 0.05) is 0 Å². The highest BCUT2D eigenvalue weighted by molar-refractivity contribution is 4.60. The summed E-state index contributed by atoms with van der Waals surface area (Å²) in [4.78, 5) is 0. The molecule has 0 heterocycles. The fourth-order valence-corrected chi connectivity index (χ4v) is 2.01. The molecule has 0 saturated heterocycles. The summed E-state index contributed by atoms with van der Waals surface area (Å²) in [7, 11) is 0. The lowest BCUT2D eigenvalue weighted by Gasteiger charge is -2.16. The predicted octanol–water partition coefficient (Wildman–Crippen LogP) is 5.81. The van der Waals surface area contributed by atoms with E-state index in [1.165, 1.54) is 51.4 Å². The van der Waals surface area contributed by atoms with Crippen LogP contribution in [0, 0.1) is 11.3 Å². The Kier molecular flexibility index (Phi) is 8.19. The molecule has 0 aromatic heterocycles. The van der Waals surface area contributed by atoms with Gasteiger partial charge in [0.15, 0.2) is 0 Å². The van der Waals surface area contributed by atoms with Gasteiger partial charge in [0.2, 0.25) is 0 Å². The van der Waals surface area contributed by atoms with Crippen molar-refractivity contribution < 1.29 is 0 Å². The van der Waals surface area contributed by atoms with Crippen LogP contribution in [0.4, 0.5) is 0 Å². The molecule has 0 aliphatic heterocycles. The van der Waals surface area contributed by atoms with Crippen LogP contribution >= 0.6 is 0 Å².